The second-order valence-electron chi connectivity index (χ2n) is 6.98. The molecule has 0 aliphatic heterocycles. The van der Waals surface area contributed by atoms with E-state index in [4.69, 9.17) is 0 Å². The summed E-state index contributed by atoms with van der Waals surface area (Å²) in [5.41, 5.74) is 2.42. The third kappa shape index (κ3) is 3.45. The molecule has 0 unspecified atom stereocenters. The van der Waals surface area contributed by atoms with E-state index in [1.54, 1.807) is 17.5 Å². The minimum absolute atomic E-state index is 0.0799. The van der Waals surface area contributed by atoms with Gasteiger partial charge in [-0.15, -0.1) is 11.3 Å². The zero-order chi connectivity index (χ0) is 19.6. The molecular formula is C24H19N3OS. The Kier molecular flexibility index (Phi) is 4.66. The van der Waals surface area contributed by atoms with E-state index in [-0.39, 0.29) is 5.91 Å². The van der Waals surface area contributed by atoms with Crippen molar-refractivity contribution in [2.24, 2.45) is 0 Å². The van der Waals surface area contributed by atoms with Gasteiger partial charge < -0.3 is 5.32 Å². The van der Waals surface area contributed by atoms with E-state index in [0.717, 1.165) is 45.0 Å². The van der Waals surface area contributed by atoms with Crippen molar-refractivity contribution < 1.29 is 4.79 Å². The smallest absolute Gasteiger partial charge is 0.253 e. The van der Waals surface area contributed by atoms with Gasteiger partial charge in [-0.25, -0.2) is 4.98 Å². The van der Waals surface area contributed by atoms with Gasteiger partial charge in [0.1, 0.15) is 0 Å². The molecule has 142 valence electrons. The van der Waals surface area contributed by atoms with Crippen molar-refractivity contribution in [3.05, 3.63) is 83.5 Å². The molecule has 5 aromatic rings. The van der Waals surface area contributed by atoms with Crippen LogP contribution in [0.2, 0.25) is 0 Å². The Morgan fingerprint density at radius 3 is 2.72 bits per heavy atom. The maximum atomic E-state index is 12.9. The number of para-hydroxylation sites is 1. The number of aromatic nitrogens is 2. The highest BCUT2D eigenvalue weighted by molar-refractivity contribution is 7.18. The molecule has 0 fully saturated rings. The number of thiazole rings is 1. The number of nitrogens with zero attached hydrogens (tertiary/aromatic N) is 2. The number of benzene rings is 3. The molecule has 0 aliphatic carbocycles. The maximum absolute atomic E-state index is 12.9. The van der Waals surface area contributed by atoms with Crippen LogP contribution >= 0.6 is 11.3 Å². The standard InChI is InChI=1S/C24H19N3OS/c28-24(26-14-6-12-22-27-20-10-3-4-11-21(20)29-22)19-15-16-7-1-2-8-17(16)18-9-5-13-25-23(18)19/h1-5,7-11,13,15H,6,12,14H2,(H,26,28). The predicted octanol–water partition coefficient (Wildman–Crippen LogP) is 5.36. The highest BCUT2D eigenvalue weighted by Crippen LogP contribution is 2.27. The maximum Gasteiger partial charge on any atom is 0.253 e. The molecular weight excluding hydrogens is 378 g/mol. The lowest BCUT2D eigenvalue weighted by Gasteiger charge is -2.10. The number of fused-ring (bicyclic) bond motifs is 4. The monoisotopic (exact) mass is 397 g/mol. The first kappa shape index (κ1) is 17.8. The van der Waals surface area contributed by atoms with Crippen molar-refractivity contribution in [1.82, 2.24) is 15.3 Å². The lowest BCUT2D eigenvalue weighted by Crippen LogP contribution is -2.25. The van der Waals surface area contributed by atoms with E-state index in [1.807, 2.05) is 54.6 Å². The van der Waals surface area contributed by atoms with Crippen LogP contribution in [0.3, 0.4) is 0 Å². The number of pyridine rings is 1. The molecule has 5 rings (SSSR count). The van der Waals surface area contributed by atoms with Crippen LogP contribution in [0.4, 0.5) is 0 Å². The molecule has 29 heavy (non-hydrogen) atoms. The van der Waals surface area contributed by atoms with Crippen LogP contribution in [0.25, 0.3) is 31.9 Å². The average Bonchev–Trinajstić information content (AvgIpc) is 3.19. The topological polar surface area (TPSA) is 54.9 Å². The number of amides is 1. The first-order chi connectivity index (χ1) is 14.3. The summed E-state index contributed by atoms with van der Waals surface area (Å²) in [6.45, 7) is 0.607. The van der Waals surface area contributed by atoms with Gasteiger partial charge in [-0.05, 0) is 41.5 Å². The Morgan fingerprint density at radius 1 is 0.966 bits per heavy atom. The molecule has 2 heterocycles. The van der Waals surface area contributed by atoms with Crippen molar-refractivity contribution in [2.75, 3.05) is 6.54 Å². The van der Waals surface area contributed by atoms with Crippen LogP contribution in [0, 0.1) is 0 Å². The normalized spacial score (nSPS) is 11.3. The summed E-state index contributed by atoms with van der Waals surface area (Å²) in [7, 11) is 0. The minimum atomic E-state index is -0.0799. The van der Waals surface area contributed by atoms with Crippen molar-refractivity contribution in [3.63, 3.8) is 0 Å². The van der Waals surface area contributed by atoms with E-state index in [0.29, 0.717) is 12.1 Å². The van der Waals surface area contributed by atoms with Gasteiger partial charge >= 0.3 is 0 Å². The molecule has 1 amide bonds. The number of carbonyl (C=O) groups excluding carboxylic acids is 1. The van der Waals surface area contributed by atoms with Crippen LogP contribution in [0.5, 0.6) is 0 Å². The van der Waals surface area contributed by atoms with E-state index in [1.165, 1.54) is 4.70 Å². The summed E-state index contributed by atoms with van der Waals surface area (Å²) in [5, 5.41) is 7.33. The summed E-state index contributed by atoms with van der Waals surface area (Å²) in [6.07, 6.45) is 3.45. The van der Waals surface area contributed by atoms with Gasteiger partial charge in [0, 0.05) is 24.5 Å². The van der Waals surface area contributed by atoms with Crippen molar-refractivity contribution in [1.29, 1.82) is 0 Å². The molecule has 4 nitrogen and oxygen atoms in total. The third-order valence-electron chi connectivity index (χ3n) is 5.05. The summed E-state index contributed by atoms with van der Waals surface area (Å²) >= 11 is 1.72. The van der Waals surface area contributed by atoms with Crippen molar-refractivity contribution >= 4 is 49.1 Å². The average molecular weight is 398 g/mol. The fourth-order valence-electron chi connectivity index (χ4n) is 3.67. The SMILES string of the molecule is O=C(NCCCc1nc2ccccc2s1)c1cc2ccccc2c2cccnc12. The molecule has 1 N–H and O–H groups in total. The molecule has 0 atom stereocenters. The summed E-state index contributed by atoms with van der Waals surface area (Å²) in [6, 6.07) is 22.1. The van der Waals surface area contributed by atoms with Gasteiger partial charge in [0.05, 0.1) is 26.3 Å². The zero-order valence-corrected chi connectivity index (χ0v) is 16.6. The van der Waals surface area contributed by atoms with Crippen LogP contribution in [-0.2, 0) is 6.42 Å². The van der Waals surface area contributed by atoms with Crippen molar-refractivity contribution in [2.45, 2.75) is 12.8 Å². The lowest BCUT2D eigenvalue weighted by atomic mass is 10.0. The molecule has 5 heteroatoms. The van der Waals surface area contributed by atoms with Crippen LogP contribution in [0.15, 0.2) is 72.9 Å². The summed E-state index contributed by atoms with van der Waals surface area (Å²) in [4.78, 5) is 22.0. The fourth-order valence-corrected chi connectivity index (χ4v) is 4.68. The van der Waals surface area contributed by atoms with E-state index in [2.05, 4.69) is 27.4 Å². The van der Waals surface area contributed by atoms with Crippen LogP contribution in [0.1, 0.15) is 21.8 Å². The first-order valence-electron chi connectivity index (χ1n) is 9.69. The number of rotatable bonds is 5. The van der Waals surface area contributed by atoms with Gasteiger partial charge in [-0.1, -0.05) is 42.5 Å². The van der Waals surface area contributed by atoms with Gasteiger partial charge in [0.25, 0.3) is 5.91 Å². The van der Waals surface area contributed by atoms with E-state index >= 15 is 0 Å². The lowest BCUT2D eigenvalue weighted by molar-refractivity contribution is 0.0955. The van der Waals surface area contributed by atoms with E-state index in [9.17, 15) is 4.79 Å². The van der Waals surface area contributed by atoms with Gasteiger partial charge in [0.2, 0.25) is 0 Å². The van der Waals surface area contributed by atoms with Crippen LogP contribution in [-0.4, -0.2) is 22.4 Å². The first-order valence-corrected chi connectivity index (χ1v) is 10.5. The third-order valence-corrected chi connectivity index (χ3v) is 6.15. The Morgan fingerprint density at radius 2 is 1.79 bits per heavy atom. The largest absolute Gasteiger partial charge is 0.352 e. The van der Waals surface area contributed by atoms with Gasteiger partial charge in [-0.3, -0.25) is 9.78 Å². The Balaban J connectivity index is 1.32. The summed E-state index contributed by atoms with van der Waals surface area (Å²) < 4.78 is 1.21. The predicted molar refractivity (Wildman–Crippen MR) is 120 cm³/mol. The number of nitrogens with one attached hydrogen (secondary N) is 1. The van der Waals surface area contributed by atoms with Gasteiger partial charge in [-0.2, -0.15) is 0 Å². The highest BCUT2D eigenvalue weighted by atomic mass is 32.1. The number of carbonyl (C=O) groups is 1. The second-order valence-corrected chi connectivity index (χ2v) is 8.09. The second kappa shape index (κ2) is 7.60. The Hall–Kier alpha value is -3.31. The molecule has 0 radical (unpaired) electrons. The molecule has 3 aromatic carbocycles. The molecule has 0 spiro atoms. The number of hydrogen-bond donors (Lipinski definition) is 1. The fraction of sp³-hybridized carbons (Fsp3) is 0.125. The molecule has 0 saturated carbocycles. The zero-order valence-electron chi connectivity index (χ0n) is 15.8. The van der Waals surface area contributed by atoms with Crippen molar-refractivity contribution in [3.8, 4) is 0 Å². The molecule has 0 bridgehead atoms. The van der Waals surface area contributed by atoms with Crippen LogP contribution < -0.4 is 5.32 Å². The molecule has 0 aliphatic rings. The number of hydrogen-bond acceptors (Lipinski definition) is 4. The minimum Gasteiger partial charge on any atom is -0.352 e. The van der Waals surface area contributed by atoms with E-state index < -0.39 is 0 Å². The summed E-state index contributed by atoms with van der Waals surface area (Å²) in [5.74, 6) is -0.0799. The molecule has 0 saturated heterocycles. The molecule has 2 aromatic heterocycles. The Bertz CT molecular complexity index is 1310. The highest BCUT2D eigenvalue weighted by Gasteiger charge is 2.13. The Labute approximate surface area is 172 Å². The number of aryl methyl sites for hydroxylation is 1. The quantitative estimate of drug-likeness (QED) is 0.321. The van der Waals surface area contributed by atoms with Gasteiger partial charge in [0.15, 0.2) is 0 Å².